The molecule has 0 aromatic heterocycles. The van der Waals surface area contributed by atoms with Gasteiger partial charge in [0.2, 0.25) is 0 Å². The van der Waals surface area contributed by atoms with E-state index in [1.54, 1.807) is 0 Å². The molecule has 1 fully saturated rings. The minimum absolute atomic E-state index is 0.483. The van der Waals surface area contributed by atoms with Crippen molar-refractivity contribution >= 4 is 0 Å². The molecule has 0 spiro atoms. The Morgan fingerprint density at radius 1 is 1.10 bits per heavy atom. The molecule has 2 nitrogen and oxygen atoms in total. The second kappa shape index (κ2) is 3.35. The van der Waals surface area contributed by atoms with E-state index in [2.05, 4.69) is 19.0 Å². The molecule has 1 aliphatic rings. The van der Waals surface area contributed by atoms with E-state index in [0.29, 0.717) is 6.04 Å². The molecule has 2 heteroatoms. The summed E-state index contributed by atoms with van der Waals surface area (Å²) < 4.78 is 0. The van der Waals surface area contributed by atoms with Crippen LogP contribution in [0.2, 0.25) is 0 Å². The highest BCUT2D eigenvalue weighted by molar-refractivity contribution is 4.78. The zero-order chi connectivity index (χ0) is 7.56. The second-order valence-corrected chi connectivity index (χ2v) is 3.53. The highest BCUT2D eigenvalue weighted by Crippen LogP contribution is 2.19. The van der Waals surface area contributed by atoms with E-state index in [0.717, 1.165) is 6.04 Å². The molecule has 0 heterocycles. The molecule has 0 aliphatic heterocycles. The Hall–Kier alpha value is -0.0800. The minimum atomic E-state index is 0.483. The van der Waals surface area contributed by atoms with Gasteiger partial charge in [-0.25, -0.2) is 0 Å². The molecular formula is C8H18N2. The zero-order valence-electron chi connectivity index (χ0n) is 7.01. The van der Waals surface area contributed by atoms with Crippen LogP contribution in [0.5, 0.6) is 0 Å². The van der Waals surface area contributed by atoms with Gasteiger partial charge >= 0.3 is 0 Å². The van der Waals surface area contributed by atoms with Gasteiger partial charge in [0.05, 0.1) is 0 Å². The Morgan fingerprint density at radius 3 is 2.00 bits per heavy atom. The molecule has 1 rings (SSSR count). The number of hydrogen-bond acceptors (Lipinski definition) is 2. The molecule has 10 heavy (non-hydrogen) atoms. The summed E-state index contributed by atoms with van der Waals surface area (Å²) in [6, 6.07) is 1.27. The van der Waals surface area contributed by atoms with Crippen molar-refractivity contribution in [2.75, 3.05) is 14.1 Å². The Balaban J connectivity index is 2.26. The van der Waals surface area contributed by atoms with Gasteiger partial charge in [0.15, 0.2) is 0 Å². The van der Waals surface area contributed by atoms with Crippen molar-refractivity contribution in [3.05, 3.63) is 0 Å². The summed E-state index contributed by atoms with van der Waals surface area (Å²) in [6.45, 7) is 0. The van der Waals surface area contributed by atoms with Crippen molar-refractivity contribution in [3.8, 4) is 0 Å². The van der Waals surface area contributed by atoms with Crippen molar-refractivity contribution in [2.24, 2.45) is 5.73 Å². The van der Waals surface area contributed by atoms with Crippen LogP contribution in [-0.2, 0) is 0 Å². The summed E-state index contributed by atoms with van der Waals surface area (Å²) in [5.41, 5.74) is 5.78. The third-order valence-corrected chi connectivity index (χ3v) is 2.47. The highest BCUT2D eigenvalue weighted by Gasteiger charge is 2.19. The highest BCUT2D eigenvalue weighted by atomic mass is 15.1. The maximum Gasteiger partial charge on any atom is 0.00903 e. The summed E-state index contributed by atoms with van der Waals surface area (Å²) >= 11 is 0. The maximum atomic E-state index is 5.78. The van der Waals surface area contributed by atoms with E-state index in [1.807, 2.05) is 0 Å². The van der Waals surface area contributed by atoms with Gasteiger partial charge < -0.3 is 10.6 Å². The summed E-state index contributed by atoms with van der Waals surface area (Å²) in [6.07, 6.45) is 4.99. The van der Waals surface area contributed by atoms with Crippen molar-refractivity contribution in [1.82, 2.24) is 4.90 Å². The van der Waals surface area contributed by atoms with Crippen LogP contribution in [0.15, 0.2) is 0 Å². The molecular weight excluding hydrogens is 124 g/mol. The monoisotopic (exact) mass is 142 g/mol. The lowest BCUT2D eigenvalue weighted by molar-refractivity contribution is 0.217. The lowest BCUT2D eigenvalue weighted by atomic mass is 9.91. The molecule has 0 unspecified atom stereocenters. The van der Waals surface area contributed by atoms with Crippen LogP contribution < -0.4 is 5.73 Å². The van der Waals surface area contributed by atoms with Gasteiger partial charge in [0.1, 0.15) is 0 Å². The van der Waals surface area contributed by atoms with Crippen LogP contribution in [0.1, 0.15) is 25.7 Å². The molecule has 0 bridgehead atoms. The first-order chi connectivity index (χ1) is 4.70. The maximum absolute atomic E-state index is 5.78. The van der Waals surface area contributed by atoms with Crippen molar-refractivity contribution in [3.63, 3.8) is 0 Å². The molecule has 0 atom stereocenters. The molecule has 1 aliphatic carbocycles. The largest absolute Gasteiger partial charge is 0.328 e. The van der Waals surface area contributed by atoms with E-state index >= 15 is 0 Å². The van der Waals surface area contributed by atoms with Crippen LogP contribution >= 0.6 is 0 Å². The fourth-order valence-corrected chi connectivity index (χ4v) is 1.62. The Morgan fingerprint density at radius 2 is 1.60 bits per heavy atom. The molecule has 0 radical (unpaired) electrons. The van der Waals surface area contributed by atoms with Crippen LogP contribution in [0.3, 0.4) is 0 Å². The fourth-order valence-electron chi connectivity index (χ4n) is 1.62. The van der Waals surface area contributed by atoms with E-state index in [-0.39, 0.29) is 0 Å². The first-order valence-corrected chi connectivity index (χ1v) is 4.12. The van der Waals surface area contributed by atoms with Gasteiger partial charge in [-0.3, -0.25) is 0 Å². The molecule has 0 aromatic carbocycles. The molecule has 1 saturated carbocycles. The van der Waals surface area contributed by atoms with Crippen LogP contribution in [0.25, 0.3) is 0 Å². The predicted octanol–water partition coefficient (Wildman–Crippen LogP) is 0.818. The minimum Gasteiger partial charge on any atom is -0.328 e. The van der Waals surface area contributed by atoms with Crippen LogP contribution in [-0.4, -0.2) is 31.1 Å². The number of nitrogens with zero attached hydrogens (tertiary/aromatic N) is 1. The normalized spacial score (nSPS) is 34.8. The van der Waals surface area contributed by atoms with Gasteiger partial charge in [-0.2, -0.15) is 0 Å². The fraction of sp³-hybridized carbons (Fsp3) is 1.00. The molecule has 60 valence electrons. The topological polar surface area (TPSA) is 29.3 Å². The van der Waals surface area contributed by atoms with Gasteiger partial charge in [-0.1, -0.05) is 0 Å². The van der Waals surface area contributed by atoms with E-state index in [4.69, 9.17) is 5.73 Å². The first-order valence-electron chi connectivity index (χ1n) is 4.12. The summed E-state index contributed by atoms with van der Waals surface area (Å²) in [5.74, 6) is 0. The Labute approximate surface area is 63.4 Å². The lowest BCUT2D eigenvalue weighted by Crippen LogP contribution is -2.36. The molecule has 0 aromatic rings. The summed E-state index contributed by atoms with van der Waals surface area (Å²) in [4.78, 5) is 2.31. The number of hydrogen-bond donors (Lipinski definition) is 1. The average Bonchev–Trinajstić information content (AvgIpc) is 1.88. The van der Waals surface area contributed by atoms with E-state index < -0.39 is 0 Å². The lowest BCUT2D eigenvalue weighted by Gasteiger charge is -2.30. The second-order valence-electron chi connectivity index (χ2n) is 3.53. The SMILES string of the molecule is CN(C)[C@H]1CC[C@@H](N)CC1. The Kier molecular flexibility index (Phi) is 2.69. The van der Waals surface area contributed by atoms with Crippen molar-refractivity contribution < 1.29 is 0 Å². The number of nitrogens with two attached hydrogens (primary N) is 1. The third-order valence-electron chi connectivity index (χ3n) is 2.47. The first kappa shape index (κ1) is 8.02. The zero-order valence-corrected chi connectivity index (χ0v) is 7.01. The molecule has 0 amide bonds. The van der Waals surface area contributed by atoms with Crippen molar-refractivity contribution in [1.29, 1.82) is 0 Å². The van der Waals surface area contributed by atoms with Crippen LogP contribution in [0.4, 0.5) is 0 Å². The van der Waals surface area contributed by atoms with E-state index in [9.17, 15) is 0 Å². The van der Waals surface area contributed by atoms with Gasteiger partial charge in [0.25, 0.3) is 0 Å². The van der Waals surface area contributed by atoms with E-state index in [1.165, 1.54) is 25.7 Å². The standard InChI is InChI=1S/C8H18N2/c1-10(2)8-5-3-7(9)4-6-8/h7-8H,3-6,9H2,1-2H3/t7-,8+. The summed E-state index contributed by atoms with van der Waals surface area (Å²) in [7, 11) is 4.31. The van der Waals surface area contributed by atoms with Crippen LogP contribution in [0, 0.1) is 0 Å². The quantitative estimate of drug-likeness (QED) is 0.587. The van der Waals surface area contributed by atoms with Gasteiger partial charge in [0, 0.05) is 12.1 Å². The predicted molar refractivity (Wildman–Crippen MR) is 43.9 cm³/mol. The third kappa shape index (κ3) is 1.96. The van der Waals surface area contributed by atoms with Crippen molar-refractivity contribution in [2.45, 2.75) is 37.8 Å². The average molecular weight is 142 g/mol. The molecule has 2 N–H and O–H groups in total. The Bertz CT molecular complexity index is 93.4. The molecule has 0 saturated heterocycles. The van der Waals surface area contributed by atoms with Gasteiger partial charge in [-0.05, 0) is 39.8 Å². The number of rotatable bonds is 1. The smallest absolute Gasteiger partial charge is 0.00903 e. The summed E-state index contributed by atoms with van der Waals surface area (Å²) in [5, 5.41) is 0. The van der Waals surface area contributed by atoms with Gasteiger partial charge in [-0.15, -0.1) is 0 Å².